The number of rotatable bonds is 4. The molecule has 0 radical (unpaired) electrons. The second-order valence-corrected chi connectivity index (χ2v) is 5.71. The van der Waals surface area contributed by atoms with Gasteiger partial charge in [-0.3, -0.25) is 4.79 Å². The summed E-state index contributed by atoms with van der Waals surface area (Å²) < 4.78 is 0. The Hall–Kier alpha value is -1.55. The van der Waals surface area contributed by atoms with Gasteiger partial charge in [0.25, 0.3) is 0 Å². The number of carbonyl (C=O) groups excluding carboxylic acids is 1. The lowest BCUT2D eigenvalue weighted by atomic mass is 9.77. The largest absolute Gasteiger partial charge is 0.394 e. The molecule has 19 heavy (non-hydrogen) atoms. The topological polar surface area (TPSA) is 61.4 Å². The molecule has 1 saturated carbocycles. The predicted octanol–water partition coefficient (Wildman–Crippen LogP) is 1.62. The highest BCUT2D eigenvalue weighted by Crippen LogP contribution is 2.35. The Morgan fingerprint density at radius 2 is 2.21 bits per heavy atom. The first-order chi connectivity index (χ1) is 9.22. The number of para-hydroxylation sites is 1. The van der Waals surface area contributed by atoms with Gasteiger partial charge >= 0.3 is 0 Å². The minimum atomic E-state index is -0.331. The smallest absolute Gasteiger partial charge is 0.221 e. The molecule has 1 aromatic carbocycles. The fourth-order valence-corrected chi connectivity index (χ4v) is 3.04. The summed E-state index contributed by atoms with van der Waals surface area (Å²) in [5.74, 6) is 0.296. The number of benzene rings is 1. The van der Waals surface area contributed by atoms with Crippen LogP contribution in [0.15, 0.2) is 24.3 Å². The van der Waals surface area contributed by atoms with Gasteiger partial charge in [-0.15, -0.1) is 0 Å². The van der Waals surface area contributed by atoms with Gasteiger partial charge in [-0.1, -0.05) is 18.2 Å². The zero-order valence-electron chi connectivity index (χ0n) is 11.0. The molecule has 1 fully saturated rings. The number of anilines is 1. The Morgan fingerprint density at radius 3 is 2.89 bits per heavy atom. The molecule has 1 heterocycles. The van der Waals surface area contributed by atoms with Crippen LogP contribution in [0.25, 0.3) is 0 Å². The van der Waals surface area contributed by atoms with Crippen LogP contribution >= 0.6 is 0 Å². The molecule has 1 aromatic rings. The van der Waals surface area contributed by atoms with E-state index in [1.807, 2.05) is 18.2 Å². The van der Waals surface area contributed by atoms with Crippen molar-refractivity contribution in [2.24, 2.45) is 0 Å². The van der Waals surface area contributed by atoms with E-state index in [0.29, 0.717) is 6.42 Å². The van der Waals surface area contributed by atoms with Crippen LogP contribution in [0, 0.1) is 0 Å². The average molecular weight is 260 g/mol. The van der Waals surface area contributed by atoms with Gasteiger partial charge in [-0.2, -0.15) is 0 Å². The quantitative estimate of drug-likeness (QED) is 0.771. The molecule has 102 valence electrons. The summed E-state index contributed by atoms with van der Waals surface area (Å²) in [6.45, 7) is 0.872. The lowest BCUT2D eigenvalue weighted by Crippen LogP contribution is -2.56. The van der Waals surface area contributed by atoms with Gasteiger partial charge in [0.05, 0.1) is 12.1 Å². The van der Waals surface area contributed by atoms with Gasteiger partial charge in [-0.05, 0) is 30.9 Å². The number of aliphatic hydroxyl groups excluding tert-OH is 1. The number of hydrogen-bond donors (Lipinski definition) is 3. The van der Waals surface area contributed by atoms with E-state index in [2.05, 4.69) is 16.7 Å². The van der Waals surface area contributed by atoms with Crippen LogP contribution in [-0.2, 0) is 4.79 Å². The van der Waals surface area contributed by atoms with Gasteiger partial charge < -0.3 is 15.7 Å². The minimum Gasteiger partial charge on any atom is -0.394 e. The van der Waals surface area contributed by atoms with E-state index >= 15 is 0 Å². The van der Waals surface area contributed by atoms with Gasteiger partial charge in [0.2, 0.25) is 5.91 Å². The van der Waals surface area contributed by atoms with Gasteiger partial charge in [0, 0.05) is 24.6 Å². The maximum Gasteiger partial charge on any atom is 0.221 e. The molecule has 0 saturated heterocycles. The zero-order valence-corrected chi connectivity index (χ0v) is 11.0. The third kappa shape index (κ3) is 2.32. The fraction of sp³-hybridized carbons (Fsp3) is 0.533. The van der Waals surface area contributed by atoms with Crippen molar-refractivity contribution in [2.75, 3.05) is 18.5 Å². The summed E-state index contributed by atoms with van der Waals surface area (Å²) in [5, 5.41) is 15.7. The zero-order chi connectivity index (χ0) is 13.3. The van der Waals surface area contributed by atoms with E-state index in [9.17, 15) is 9.90 Å². The maximum atomic E-state index is 12.1. The molecule has 1 aliphatic heterocycles. The van der Waals surface area contributed by atoms with Crippen LogP contribution in [0.2, 0.25) is 0 Å². The molecule has 1 amide bonds. The van der Waals surface area contributed by atoms with E-state index in [1.165, 1.54) is 5.56 Å². The van der Waals surface area contributed by atoms with Crippen LogP contribution < -0.4 is 10.6 Å². The first-order valence-corrected chi connectivity index (χ1v) is 6.97. The molecular weight excluding hydrogens is 240 g/mol. The number of carbonyl (C=O) groups is 1. The Labute approximate surface area is 113 Å². The lowest BCUT2D eigenvalue weighted by molar-refractivity contribution is -0.125. The van der Waals surface area contributed by atoms with Crippen molar-refractivity contribution in [1.29, 1.82) is 0 Å². The fourth-order valence-electron chi connectivity index (χ4n) is 3.04. The van der Waals surface area contributed by atoms with Crippen LogP contribution in [0.1, 0.15) is 37.2 Å². The Balaban J connectivity index is 1.62. The van der Waals surface area contributed by atoms with E-state index in [4.69, 9.17) is 0 Å². The standard InChI is InChI=1S/C15H20N2O2/c18-10-15(6-3-7-15)17-14(19)8-11-9-16-13-5-2-1-4-12(11)13/h1-2,4-5,11,16,18H,3,6-10H2,(H,17,19). The Morgan fingerprint density at radius 1 is 1.42 bits per heavy atom. The summed E-state index contributed by atoms with van der Waals surface area (Å²) in [6.07, 6.45) is 3.38. The van der Waals surface area contributed by atoms with Crippen LogP contribution in [0.4, 0.5) is 5.69 Å². The van der Waals surface area contributed by atoms with E-state index < -0.39 is 0 Å². The highest BCUT2D eigenvalue weighted by atomic mass is 16.3. The van der Waals surface area contributed by atoms with Gasteiger partial charge in [0.15, 0.2) is 0 Å². The second kappa shape index (κ2) is 4.85. The van der Waals surface area contributed by atoms with E-state index in [1.54, 1.807) is 0 Å². The van der Waals surface area contributed by atoms with E-state index in [-0.39, 0.29) is 24.0 Å². The molecule has 0 bridgehead atoms. The number of nitrogens with one attached hydrogen (secondary N) is 2. The summed E-state index contributed by atoms with van der Waals surface area (Å²) in [5.41, 5.74) is 2.04. The van der Waals surface area contributed by atoms with Crippen molar-refractivity contribution in [2.45, 2.75) is 37.1 Å². The minimum absolute atomic E-state index is 0.0530. The monoisotopic (exact) mass is 260 g/mol. The van der Waals surface area contributed by atoms with Gasteiger partial charge in [-0.25, -0.2) is 0 Å². The Kier molecular flexibility index (Phi) is 3.19. The first kappa shape index (κ1) is 12.5. The molecule has 1 aliphatic carbocycles. The summed E-state index contributed by atoms with van der Waals surface area (Å²) >= 11 is 0. The second-order valence-electron chi connectivity index (χ2n) is 5.71. The van der Waals surface area contributed by atoms with Gasteiger partial charge in [0.1, 0.15) is 0 Å². The SMILES string of the molecule is O=C(CC1CNc2ccccc21)NC1(CO)CCC1. The molecule has 3 rings (SSSR count). The number of hydrogen-bond acceptors (Lipinski definition) is 3. The van der Waals surface area contributed by atoms with Crippen molar-refractivity contribution in [3.8, 4) is 0 Å². The molecule has 4 heteroatoms. The lowest BCUT2D eigenvalue weighted by Gasteiger charge is -2.41. The number of aliphatic hydroxyl groups is 1. The van der Waals surface area contributed by atoms with Crippen molar-refractivity contribution in [3.05, 3.63) is 29.8 Å². The summed E-state index contributed by atoms with van der Waals surface area (Å²) in [6, 6.07) is 8.15. The third-order valence-electron chi connectivity index (χ3n) is 4.39. The molecule has 2 aliphatic rings. The average Bonchev–Trinajstić information content (AvgIpc) is 2.78. The van der Waals surface area contributed by atoms with Crippen LogP contribution in [-0.4, -0.2) is 29.7 Å². The summed E-state index contributed by atoms with van der Waals surface area (Å²) in [4.78, 5) is 12.1. The molecule has 4 nitrogen and oxygen atoms in total. The maximum absolute atomic E-state index is 12.1. The molecule has 3 N–H and O–H groups in total. The molecule has 0 aromatic heterocycles. The highest BCUT2D eigenvalue weighted by molar-refractivity contribution is 5.79. The van der Waals surface area contributed by atoms with E-state index in [0.717, 1.165) is 31.5 Å². The highest BCUT2D eigenvalue weighted by Gasteiger charge is 2.38. The van der Waals surface area contributed by atoms with Crippen molar-refractivity contribution >= 4 is 11.6 Å². The third-order valence-corrected chi connectivity index (χ3v) is 4.39. The van der Waals surface area contributed by atoms with Crippen LogP contribution in [0.5, 0.6) is 0 Å². The van der Waals surface area contributed by atoms with Crippen molar-refractivity contribution < 1.29 is 9.90 Å². The van der Waals surface area contributed by atoms with Crippen LogP contribution in [0.3, 0.4) is 0 Å². The number of amides is 1. The predicted molar refractivity (Wildman–Crippen MR) is 74.1 cm³/mol. The molecule has 1 unspecified atom stereocenters. The van der Waals surface area contributed by atoms with Crippen molar-refractivity contribution in [1.82, 2.24) is 5.32 Å². The summed E-state index contributed by atoms with van der Waals surface area (Å²) in [7, 11) is 0. The molecular formula is C15H20N2O2. The first-order valence-electron chi connectivity index (χ1n) is 6.97. The Bertz CT molecular complexity index is 477. The molecule has 1 atom stereocenters. The van der Waals surface area contributed by atoms with Crippen molar-refractivity contribution in [3.63, 3.8) is 0 Å². The number of fused-ring (bicyclic) bond motifs is 1. The normalized spacial score (nSPS) is 23.1. The molecule has 0 spiro atoms.